The smallest absolute Gasteiger partial charge is 0.156 e. The van der Waals surface area contributed by atoms with Gasteiger partial charge in [-0.3, -0.25) is 4.79 Å². The van der Waals surface area contributed by atoms with Gasteiger partial charge in [-0.1, -0.05) is 42.5 Å². The highest BCUT2D eigenvalue weighted by Crippen LogP contribution is 2.03. The molecule has 0 bridgehead atoms. The Kier molecular flexibility index (Phi) is 5.58. The Morgan fingerprint density at radius 3 is 2.50 bits per heavy atom. The topological polar surface area (TPSA) is 57.2 Å². The Hall–Kier alpha value is -2.16. The van der Waals surface area contributed by atoms with Crippen LogP contribution in [0.25, 0.3) is 6.08 Å². The highest BCUT2D eigenvalue weighted by Gasteiger charge is 1.96. The molecule has 0 aliphatic carbocycles. The number of carbonyl (C=O) groups is 2. The maximum atomic E-state index is 11.5. The van der Waals surface area contributed by atoms with E-state index >= 15 is 0 Å². The zero-order valence-electron chi connectivity index (χ0n) is 10.3. The van der Waals surface area contributed by atoms with E-state index in [0.29, 0.717) is 12.8 Å². The molecule has 1 aromatic carbocycles. The van der Waals surface area contributed by atoms with Crippen LogP contribution >= 0.6 is 0 Å². The molecule has 0 aromatic heterocycles. The van der Waals surface area contributed by atoms with Gasteiger partial charge in [0.25, 0.3) is 0 Å². The average Bonchev–Trinajstić information content (AvgIpc) is 2.37. The minimum Gasteiger partial charge on any atom is -0.545 e. The molecule has 0 saturated carbocycles. The van der Waals surface area contributed by atoms with Crippen molar-refractivity contribution in [2.75, 3.05) is 0 Å². The molecule has 94 valence electrons. The number of carboxylic acid groups (broad SMARTS) is 1. The second-order valence-corrected chi connectivity index (χ2v) is 3.92. The Bertz CT molecular complexity index is 470. The summed E-state index contributed by atoms with van der Waals surface area (Å²) >= 11 is 0. The van der Waals surface area contributed by atoms with Crippen molar-refractivity contribution in [3.8, 4) is 0 Å². The molecule has 1 aromatic rings. The fourth-order valence-electron chi connectivity index (χ4n) is 1.35. The number of benzene rings is 1. The van der Waals surface area contributed by atoms with E-state index in [4.69, 9.17) is 0 Å². The standard InChI is InChI=1S/C15H16O3/c1-12(15(17)18)6-5-9-14(16)11-10-13-7-3-2-4-8-13/h2-4,6-8,10-11H,5,9H2,1H3,(H,17,18)/p-1/b11-10+,12-6+. The van der Waals surface area contributed by atoms with Crippen molar-refractivity contribution in [3.05, 3.63) is 53.6 Å². The normalized spacial score (nSPS) is 11.7. The molecule has 0 amide bonds. The van der Waals surface area contributed by atoms with Crippen molar-refractivity contribution in [3.63, 3.8) is 0 Å². The van der Waals surface area contributed by atoms with Gasteiger partial charge >= 0.3 is 0 Å². The first kappa shape index (κ1) is 13.9. The summed E-state index contributed by atoms with van der Waals surface area (Å²) in [6, 6.07) is 9.52. The number of carbonyl (C=O) groups excluding carboxylic acids is 2. The number of carboxylic acids is 1. The fourth-order valence-corrected chi connectivity index (χ4v) is 1.35. The molecule has 0 radical (unpaired) electrons. The number of allylic oxidation sites excluding steroid dienone is 2. The number of hydrogen-bond acceptors (Lipinski definition) is 3. The lowest BCUT2D eigenvalue weighted by Crippen LogP contribution is -2.22. The molecule has 0 heterocycles. The molecule has 18 heavy (non-hydrogen) atoms. The zero-order valence-corrected chi connectivity index (χ0v) is 10.3. The first-order chi connectivity index (χ1) is 8.59. The Morgan fingerprint density at radius 1 is 1.22 bits per heavy atom. The highest BCUT2D eigenvalue weighted by molar-refractivity contribution is 5.93. The van der Waals surface area contributed by atoms with E-state index in [1.807, 2.05) is 30.3 Å². The molecule has 0 fully saturated rings. The van der Waals surface area contributed by atoms with Crippen LogP contribution < -0.4 is 5.11 Å². The molecule has 0 unspecified atom stereocenters. The van der Waals surface area contributed by atoms with Crippen LogP contribution in [0.5, 0.6) is 0 Å². The van der Waals surface area contributed by atoms with Gasteiger partial charge in [-0.15, -0.1) is 0 Å². The van der Waals surface area contributed by atoms with Crippen LogP contribution in [0.4, 0.5) is 0 Å². The lowest BCUT2D eigenvalue weighted by atomic mass is 10.1. The molecular weight excluding hydrogens is 228 g/mol. The van der Waals surface area contributed by atoms with E-state index in [2.05, 4.69) is 0 Å². The van der Waals surface area contributed by atoms with Crippen LogP contribution in [-0.4, -0.2) is 11.8 Å². The van der Waals surface area contributed by atoms with Crippen LogP contribution in [0.2, 0.25) is 0 Å². The van der Waals surface area contributed by atoms with Crippen molar-refractivity contribution in [2.45, 2.75) is 19.8 Å². The maximum Gasteiger partial charge on any atom is 0.156 e. The zero-order chi connectivity index (χ0) is 13.4. The minimum absolute atomic E-state index is 0.0266. The van der Waals surface area contributed by atoms with Gasteiger partial charge in [0.2, 0.25) is 0 Å². The molecule has 0 N–H and O–H groups in total. The number of hydrogen-bond donors (Lipinski definition) is 0. The highest BCUT2D eigenvalue weighted by atomic mass is 16.4. The summed E-state index contributed by atoms with van der Waals surface area (Å²) in [5.41, 5.74) is 1.13. The quantitative estimate of drug-likeness (QED) is 0.715. The van der Waals surface area contributed by atoms with E-state index in [9.17, 15) is 14.7 Å². The minimum atomic E-state index is -1.19. The van der Waals surface area contributed by atoms with Gasteiger partial charge in [0.15, 0.2) is 5.78 Å². The second-order valence-electron chi connectivity index (χ2n) is 3.92. The maximum absolute atomic E-state index is 11.5. The first-order valence-corrected chi connectivity index (χ1v) is 5.73. The summed E-state index contributed by atoms with van der Waals surface area (Å²) in [4.78, 5) is 21.9. The molecule has 0 aliphatic heterocycles. The Balaban J connectivity index is 2.41. The third-order valence-corrected chi connectivity index (χ3v) is 2.42. The Morgan fingerprint density at radius 2 is 1.89 bits per heavy atom. The molecule has 1 rings (SSSR count). The molecule has 0 aliphatic rings. The monoisotopic (exact) mass is 243 g/mol. The van der Waals surface area contributed by atoms with Crippen LogP contribution in [0.15, 0.2) is 48.1 Å². The molecule has 3 heteroatoms. The number of rotatable bonds is 6. The molecule has 3 nitrogen and oxygen atoms in total. The molecule has 0 atom stereocenters. The SMILES string of the molecule is C/C(=C\CCC(=O)/C=C/c1ccccc1)C(=O)[O-]. The molecule has 0 saturated heterocycles. The summed E-state index contributed by atoms with van der Waals surface area (Å²) in [5.74, 6) is -1.22. The average molecular weight is 243 g/mol. The predicted octanol–water partition coefficient (Wildman–Crippen LogP) is 1.75. The predicted molar refractivity (Wildman–Crippen MR) is 68.5 cm³/mol. The van der Waals surface area contributed by atoms with E-state index < -0.39 is 5.97 Å². The lowest BCUT2D eigenvalue weighted by molar-refractivity contribution is -0.299. The third-order valence-electron chi connectivity index (χ3n) is 2.42. The number of aliphatic carboxylic acids is 1. The van der Waals surface area contributed by atoms with Crippen molar-refractivity contribution in [1.82, 2.24) is 0 Å². The summed E-state index contributed by atoms with van der Waals surface area (Å²) in [6.45, 7) is 1.46. The van der Waals surface area contributed by atoms with Gasteiger partial charge in [0.1, 0.15) is 0 Å². The van der Waals surface area contributed by atoms with Gasteiger partial charge in [0, 0.05) is 6.42 Å². The molecule has 0 spiro atoms. The van der Waals surface area contributed by atoms with Gasteiger partial charge < -0.3 is 9.90 Å². The summed E-state index contributed by atoms with van der Waals surface area (Å²) in [7, 11) is 0. The van der Waals surface area contributed by atoms with Crippen LogP contribution in [0.3, 0.4) is 0 Å². The van der Waals surface area contributed by atoms with Crippen LogP contribution in [-0.2, 0) is 9.59 Å². The first-order valence-electron chi connectivity index (χ1n) is 5.73. The second kappa shape index (κ2) is 7.22. The van der Waals surface area contributed by atoms with Crippen molar-refractivity contribution in [2.24, 2.45) is 0 Å². The van der Waals surface area contributed by atoms with Crippen molar-refractivity contribution >= 4 is 17.8 Å². The van der Waals surface area contributed by atoms with Gasteiger partial charge in [-0.05, 0) is 30.6 Å². The Labute approximate surface area is 106 Å². The van der Waals surface area contributed by atoms with Crippen LogP contribution in [0.1, 0.15) is 25.3 Å². The van der Waals surface area contributed by atoms with Crippen molar-refractivity contribution < 1.29 is 14.7 Å². The molecular formula is C15H15O3-. The van der Waals surface area contributed by atoms with Gasteiger partial charge in [-0.25, -0.2) is 0 Å². The lowest BCUT2D eigenvalue weighted by Gasteiger charge is -2.00. The van der Waals surface area contributed by atoms with Gasteiger partial charge in [-0.2, -0.15) is 0 Å². The van der Waals surface area contributed by atoms with Crippen molar-refractivity contribution in [1.29, 1.82) is 0 Å². The number of ketones is 1. The van der Waals surface area contributed by atoms with E-state index in [-0.39, 0.29) is 11.4 Å². The summed E-state index contributed by atoms with van der Waals surface area (Å²) < 4.78 is 0. The largest absolute Gasteiger partial charge is 0.545 e. The third kappa shape index (κ3) is 5.25. The van der Waals surface area contributed by atoms with Crippen LogP contribution in [0, 0.1) is 0 Å². The summed E-state index contributed by atoms with van der Waals surface area (Å²) in [5, 5.41) is 10.4. The van der Waals surface area contributed by atoms with E-state index in [1.54, 1.807) is 6.08 Å². The fraction of sp³-hybridized carbons (Fsp3) is 0.200. The van der Waals surface area contributed by atoms with E-state index in [0.717, 1.165) is 5.56 Å². The van der Waals surface area contributed by atoms with E-state index in [1.165, 1.54) is 19.1 Å². The summed E-state index contributed by atoms with van der Waals surface area (Å²) in [6.07, 6.45) is 5.48. The van der Waals surface area contributed by atoms with Gasteiger partial charge in [0.05, 0.1) is 5.97 Å².